The van der Waals surface area contributed by atoms with Crippen molar-refractivity contribution in [3.63, 3.8) is 0 Å². The number of sulfonamides is 1. The van der Waals surface area contributed by atoms with Gasteiger partial charge in [-0.25, -0.2) is 18.4 Å². The Balaban J connectivity index is 0.000000325. The number of aliphatic carboxylic acids is 1. The molecule has 0 amide bonds. The minimum Gasteiger partial charge on any atom is -0.475 e. The molecule has 0 aliphatic rings. The van der Waals surface area contributed by atoms with E-state index < -0.39 is 22.2 Å². The van der Waals surface area contributed by atoms with Crippen LogP contribution in [0.3, 0.4) is 0 Å². The highest BCUT2D eigenvalue weighted by molar-refractivity contribution is 7.89. The fraction of sp³-hybridized carbons (Fsp3) is 0.125. The summed E-state index contributed by atoms with van der Waals surface area (Å²) in [4.78, 5) is 9.04. The molecule has 0 aromatic heterocycles. The number of carboxylic acids is 1. The van der Waals surface area contributed by atoms with E-state index in [4.69, 9.17) is 15.0 Å². The normalized spacial score (nSPS) is 11.3. The van der Waals surface area contributed by atoms with Crippen molar-refractivity contribution in [2.24, 2.45) is 5.14 Å². The minimum absolute atomic E-state index is 0.148. The molecule has 0 saturated carbocycles. The van der Waals surface area contributed by atoms with E-state index in [1.54, 1.807) is 18.2 Å². The Morgan fingerprint density at radius 1 is 1.18 bits per heavy atom. The number of hydrogen-bond donors (Lipinski definition) is 2. The van der Waals surface area contributed by atoms with E-state index in [0.717, 1.165) is 0 Å². The largest absolute Gasteiger partial charge is 0.490 e. The maximum Gasteiger partial charge on any atom is 0.490 e. The molecule has 96 valence electrons. The van der Waals surface area contributed by atoms with Crippen LogP contribution in [0.25, 0.3) is 0 Å². The summed E-state index contributed by atoms with van der Waals surface area (Å²) in [6.07, 6.45) is -5.08. The molecule has 0 saturated heterocycles. The molecule has 3 N–H and O–H groups in total. The Kier molecular flexibility index (Phi) is 5.10. The Labute approximate surface area is 94.7 Å². The van der Waals surface area contributed by atoms with Gasteiger partial charge in [-0.05, 0) is 12.1 Å². The zero-order chi connectivity index (χ0) is 13.7. The summed E-state index contributed by atoms with van der Waals surface area (Å²) >= 11 is 0. The van der Waals surface area contributed by atoms with E-state index in [-0.39, 0.29) is 4.90 Å². The van der Waals surface area contributed by atoms with E-state index in [0.29, 0.717) is 0 Å². The zero-order valence-electron chi connectivity index (χ0n) is 8.18. The van der Waals surface area contributed by atoms with Crippen LogP contribution in [-0.2, 0) is 14.8 Å². The van der Waals surface area contributed by atoms with Crippen molar-refractivity contribution in [2.75, 3.05) is 0 Å². The van der Waals surface area contributed by atoms with Gasteiger partial charge in [0.1, 0.15) is 0 Å². The summed E-state index contributed by atoms with van der Waals surface area (Å²) in [6, 6.07) is 7.89. The van der Waals surface area contributed by atoms with E-state index in [1.165, 1.54) is 12.1 Å². The van der Waals surface area contributed by atoms with Gasteiger partial charge in [-0.15, -0.1) is 0 Å². The van der Waals surface area contributed by atoms with Crippen LogP contribution in [0.4, 0.5) is 13.2 Å². The van der Waals surface area contributed by atoms with Crippen LogP contribution in [-0.4, -0.2) is 25.7 Å². The summed E-state index contributed by atoms with van der Waals surface area (Å²) in [5, 5.41) is 12.0. The Hall–Kier alpha value is -1.61. The van der Waals surface area contributed by atoms with E-state index in [2.05, 4.69) is 0 Å². The number of halogens is 3. The highest BCUT2D eigenvalue weighted by Gasteiger charge is 2.38. The molecule has 9 heteroatoms. The van der Waals surface area contributed by atoms with Gasteiger partial charge in [-0.1, -0.05) is 18.2 Å². The number of rotatable bonds is 1. The molecule has 1 rings (SSSR count). The highest BCUT2D eigenvalue weighted by atomic mass is 32.2. The highest BCUT2D eigenvalue weighted by Crippen LogP contribution is 2.13. The Morgan fingerprint density at radius 2 is 1.53 bits per heavy atom. The van der Waals surface area contributed by atoms with Gasteiger partial charge < -0.3 is 5.11 Å². The van der Waals surface area contributed by atoms with Crippen molar-refractivity contribution in [1.29, 1.82) is 0 Å². The van der Waals surface area contributed by atoms with Gasteiger partial charge in [-0.2, -0.15) is 13.2 Å². The van der Waals surface area contributed by atoms with Crippen LogP contribution in [0.15, 0.2) is 35.2 Å². The molecule has 0 fully saturated rings. The Bertz CT molecular complexity index is 469. The van der Waals surface area contributed by atoms with Crippen molar-refractivity contribution in [1.82, 2.24) is 0 Å². The third-order valence-electron chi connectivity index (χ3n) is 1.31. The molecule has 0 heterocycles. The molecule has 0 atom stereocenters. The molecule has 0 aliphatic carbocycles. The van der Waals surface area contributed by atoms with Crippen molar-refractivity contribution in [3.05, 3.63) is 30.3 Å². The number of carbonyl (C=O) groups is 1. The van der Waals surface area contributed by atoms with E-state index in [9.17, 15) is 21.6 Å². The first kappa shape index (κ1) is 15.4. The monoisotopic (exact) mass is 271 g/mol. The molecule has 0 bridgehead atoms. The van der Waals surface area contributed by atoms with Gasteiger partial charge >= 0.3 is 12.1 Å². The SMILES string of the molecule is NS(=O)(=O)c1ccccc1.O=C(O)C(F)(F)F. The lowest BCUT2D eigenvalue weighted by atomic mass is 10.4. The van der Waals surface area contributed by atoms with Crippen LogP contribution in [0.1, 0.15) is 0 Å². The molecular weight excluding hydrogens is 263 g/mol. The first-order chi connectivity index (χ1) is 7.55. The predicted molar refractivity (Wildman–Crippen MR) is 51.5 cm³/mol. The topological polar surface area (TPSA) is 97.5 Å². The summed E-state index contributed by atoms with van der Waals surface area (Å²) in [7, 11) is -3.50. The fourth-order valence-electron chi connectivity index (χ4n) is 0.610. The van der Waals surface area contributed by atoms with Crippen LogP contribution < -0.4 is 5.14 Å². The van der Waals surface area contributed by atoms with E-state index in [1.807, 2.05) is 0 Å². The van der Waals surface area contributed by atoms with Crippen molar-refractivity contribution in [2.45, 2.75) is 11.1 Å². The molecule has 0 unspecified atom stereocenters. The van der Waals surface area contributed by atoms with Gasteiger partial charge in [-0.3, -0.25) is 0 Å². The van der Waals surface area contributed by atoms with Crippen molar-refractivity contribution in [3.8, 4) is 0 Å². The summed E-state index contributed by atoms with van der Waals surface area (Å²) in [5.74, 6) is -2.76. The Morgan fingerprint density at radius 3 is 1.71 bits per heavy atom. The van der Waals surface area contributed by atoms with E-state index >= 15 is 0 Å². The summed E-state index contributed by atoms with van der Waals surface area (Å²) in [6.45, 7) is 0. The number of benzene rings is 1. The lowest BCUT2D eigenvalue weighted by molar-refractivity contribution is -0.192. The summed E-state index contributed by atoms with van der Waals surface area (Å²) < 4.78 is 53.0. The molecule has 17 heavy (non-hydrogen) atoms. The minimum atomic E-state index is -5.08. The smallest absolute Gasteiger partial charge is 0.475 e. The molecule has 1 aromatic carbocycles. The molecular formula is C8H8F3NO4S. The van der Waals surface area contributed by atoms with Gasteiger partial charge in [0.15, 0.2) is 0 Å². The van der Waals surface area contributed by atoms with Gasteiger partial charge in [0, 0.05) is 0 Å². The van der Waals surface area contributed by atoms with Crippen LogP contribution in [0.2, 0.25) is 0 Å². The number of carboxylic acid groups (broad SMARTS) is 1. The van der Waals surface area contributed by atoms with Crippen LogP contribution >= 0.6 is 0 Å². The second-order valence-electron chi connectivity index (χ2n) is 2.66. The third kappa shape index (κ3) is 6.53. The van der Waals surface area contributed by atoms with Gasteiger partial charge in [0.2, 0.25) is 10.0 Å². The number of primary sulfonamides is 1. The lowest BCUT2D eigenvalue weighted by Crippen LogP contribution is -2.21. The fourth-order valence-corrected chi connectivity index (χ4v) is 1.15. The van der Waals surface area contributed by atoms with Gasteiger partial charge in [0.25, 0.3) is 0 Å². The van der Waals surface area contributed by atoms with Crippen LogP contribution in [0.5, 0.6) is 0 Å². The molecule has 0 aliphatic heterocycles. The summed E-state index contributed by atoms with van der Waals surface area (Å²) in [5.41, 5.74) is 0. The number of alkyl halides is 3. The first-order valence-electron chi connectivity index (χ1n) is 3.93. The average Bonchev–Trinajstić information content (AvgIpc) is 2.17. The average molecular weight is 271 g/mol. The maximum absolute atomic E-state index is 10.6. The number of hydrogen-bond acceptors (Lipinski definition) is 3. The van der Waals surface area contributed by atoms with Crippen molar-refractivity contribution >= 4 is 16.0 Å². The predicted octanol–water partition coefficient (Wildman–Crippen LogP) is 0.967. The lowest BCUT2D eigenvalue weighted by Gasteiger charge is -1.93. The standard InChI is InChI=1S/C6H7NO2S.C2HF3O2/c7-10(8,9)6-4-2-1-3-5-6;3-2(4,5)1(6)7/h1-5H,(H2,7,8,9);(H,6,7). The van der Waals surface area contributed by atoms with Crippen LogP contribution in [0, 0.1) is 0 Å². The number of nitrogens with two attached hydrogens (primary N) is 1. The first-order valence-corrected chi connectivity index (χ1v) is 5.47. The molecule has 0 spiro atoms. The second kappa shape index (κ2) is 5.64. The van der Waals surface area contributed by atoms with Crippen molar-refractivity contribution < 1.29 is 31.5 Å². The second-order valence-corrected chi connectivity index (χ2v) is 4.22. The maximum atomic E-state index is 10.6. The third-order valence-corrected chi connectivity index (χ3v) is 2.24. The zero-order valence-corrected chi connectivity index (χ0v) is 8.99. The molecule has 0 radical (unpaired) electrons. The quantitative estimate of drug-likeness (QED) is 0.795. The molecule has 1 aromatic rings. The molecule has 5 nitrogen and oxygen atoms in total. The van der Waals surface area contributed by atoms with Gasteiger partial charge in [0.05, 0.1) is 4.90 Å².